The molecule has 0 aliphatic carbocycles. The Bertz CT molecular complexity index is 1390. The Kier molecular flexibility index (Phi) is 6.27. The molecule has 1 unspecified atom stereocenters. The third kappa shape index (κ3) is 3.93. The van der Waals surface area contributed by atoms with Crippen LogP contribution in [-0.2, 0) is 9.59 Å². The predicted molar refractivity (Wildman–Crippen MR) is 128 cm³/mol. The lowest BCUT2D eigenvalue weighted by molar-refractivity contribution is -0.156. The first-order valence-corrected chi connectivity index (χ1v) is 11.8. The molecule has 2 aliphatic rings. The molecule has 0 radical (unpaired) electrons. The SMILES string of the molecule is CCCC(Oc1c2c(O)c3c(=O)c(c(-c4ccccc4)oc3c1OC)OC(=O)C(=O)O2)N1CCCC1. The molecule has 1 N–H and O–H groups in total. The molecule has 1 atom stereocenters. The predicted octanol–water partition coefficient (Wildman–Crippen LogP) is 3.60. The van der Waals surface area contributed by atoms with E-state index < -0.39 is 40.8 Å². The van der Waals surface area contributed by atoms with Gasteiger partial charge < -0.3 is 28.5 Å². The van der Waals surface area contributed by atoms with Crippen molar-refractivity contribution in [1.82, 2.24) is 4.90 Å². The van der Waals surface area contributed by atoms with E-state index in [9.17, 15) is 19.5 Å². The number of esters is 2. The molecule has 3 heterocycles. The minimum absolute atomic E-state index is 0.0546. The molecule has 1 saturated heterocycles. The number of carbonyl (C=O) groups is 2. The number of fused-ring (bicyclic) bond motifs is 2. The zero-order valence-corrected chi connectivity index (χ0v) is 19.9. The number of phenolic OH excluding ortho intramolecular Hbond substituents is 1. The van der Waals surface area contributed by atoms with Crippen LogP contribution in [-0.4, -0.2) is 48.4 Å². The fraction of sp³-hybridized carbons (Fsp3) is 0.346. The Labute approximate surface area is 205 Å². The number of aromatic hydroxyl groups is 1. The Morgan fingerprint density at radius 3 is 2.31 bits per heavy atom. The van der Waals surface area contributed by atoms with Crippen molar-refractivity contribution in [2.45, 2.75) is 38.8 Å². The molecule has 3 bridgehead atoms. The molecule has 2 aromatic carbocycles. The molecule has 0 saturated carbocycles. The van der Waals surface area contributed by atoms with Crippen molar-refractivity contribution >= 4 is 22.9 Å². The van der Waals surface area contributed by atoms with E-state index >= 15 is 0 Å². The van der Waals surface area contributed by atoms with E-state index in [1.165, 1.54) is 7.11 Å². The lowest BCUT2D eigenvalue weighted by Crippen LogP contribution is -2.37. The lowest BCUT2D eigenvalue weighted by atomic mass is 10.1. The van der Waals surface area contributed by atoms with Crippen molar-refractivity contribution in [3.8, 4) is 40.1 Å². The van der Waals surface area contributed by atoms with Crippen LogP contribution in [0.4, 0.5) is 0 Å². The molecule has 3 aromatic rings. The van der Waals surface area contributed by atoms with Gasteiger partial charge in [0, 0.05) is 18.7 Å². The summed E-state index contributed by atoms with van der Waals surface area (Å²) in [5.74, 6) is -4.96. The van der Waals surface area contributed by atoms with Crippen molar-refractivity contribution < 1.29 is 38.1 Å². The van der Waals surface area contributed by atoms with Crippen molar-refractivity contribution in [2.24, 2.45) is 0 Å². The molecule has 0 amide bonds. The fourth-order valence-electron chi connectivity index (χ4n) is 4.58. The summed E-state index contributed by atoms with van der Waals surface area (Å²) in [4.78, 5) is 40.8. The summed E-state index contributed by atoms with van der Waals surface area (Å²) in [5.41, 5.74) is -0.594. The van der Waals surface area contributed by atoms with Crippen molar-refractivity contribution in [2.75, 3.05) is 20.2 Å². The maximum atomic E-state index is 13.5. The maximum absolute atomic E-state index is 13.5. The largest absolute Gasteiger partial charge is 0.504 e. The first-order valence-electron chi connectivity index (χ1n) is 11.8. The fourth-order valence-corrected chi connectivity index (χ4v) is 4.58. The molecule has 0 spiro atoms. The highest BCUT2D eigenvalue weighted by molar-refractivity contribution is 6.31. The smallest absolute Gasteiger partial charge is 0.423 e. The van der Waals surface area contributed by atoms with E-state index in [1.54, 1.807) is 30.3 Å². The summed E-state index contributed by atoms with van der Waals surface area (Å²) >= 11 is 0. The number of ether oxygens (including phenoxy) is 4. The number of carbonyl (C=O) groups excluding carboxylic acids is 2. The second-order valence-electron chi connectivity index (χ2n) is 8.58. The van der Waals surface area contributed by atoms with Gasteiger partial charge in [-0.15, -0.1) is 0 Å². The van der Waals surface area contributed by atoms with Gasteiger partial charge in [0.1, 0.15) is 5.39 Å². The van der Waals surface area contributed by atoms with Crippen LogP contribution in [0.15, 0.2) is 39.5 Å². The zero-order chi connectivity index (χ0) is 25.4. The molecule has 2 aliphatic heterocycles. The third-order valence-electron chi connectivity index (χ3n) is 6.27. The van der Waals surface area contributed by atoms with E-state index in [0.29, 0.717) is 12.0 Å². The Morgan fingerprint density at radius 2 is 1.67 bits per heavy atom. The summed E-state index contributed by atoms with van der Waals surface area (Å²) < 4.78 is 28.3. The lowest BCUT2D eigenvalue weighted by Gasteiger charge is -2.29. The van der Waals surface area contributed by atoms with Gasteiger partial charge in [-0.25, -0.2) is 9.59 Å². The molecular formula is C26H25NO9. The first kappa shape index (κ1) is 23.7. The Hall–Kier alpha value is -4.05. The Balaban J connectivity index is 1.82. The summed E-state index contributed by atoms with van der Waals surface area (Å²) in [7, 11) is 1.34. The number of rotatable bonds is 7. The molecule has 1 fully saturated rings. The van der Waals surface area contributed by atoms with E-state index in [2.05, 4.69) is 4.90 Å². The van der Waals surface area contributed by atoms with Crippen LogP contribution in [0.1, 0.15) is 32.6 Å². The second kappa shape index (κ2) is 9.54. The third-order valence-corrected chi connectivity index (χ3v) is 6.27. The normalized spacial score (nSPS) is 16.4. The van der Waals surface area contributed by atoms with E-state index in [-0.39, 0.29) is 28.2 Å². The van der Waals surface area contributed by atoms with Crippen LogP contribution >= 0.6 is 0 Å². The number of hydrogen-bond donors (Lipinski definition) is 1. The van der Waals surface area contributed by atoms with E-state index in [0.717, 1.165) is 32.4 Å². The molecule has 10 heteroatoms. The number of nitrogens with zero attached hydrogens (tertiary/aromatic N) is 1. The van der Waals surface area contributed by atoms with Crippen LogP contribution in [0.3, 0.4) is 0 Å². The molecule has 5 rings (SSSR count). The number of methoxy groups -OCH3 is 1. The van der Waals surface area contributed by atoms with Gasteiger partial charge in [-0.05, 0) is 19.3 Å². The van der Waals surface area contributed by atoms with Crippen molar-refractivity contribution in [1.29, 1.82) is 0 Å². The van der Waals surface area contributed by atoms with Gasteiger partial charge in [0.05, 0.1) is 7.11 Å². The van der Waals surface area contributed by atoms with Gasteiger partial charge in [0.15, 0.2) is 23.3 Å². The van der Waals surface area contributed by atoms with Gasteiger partial charge in [-0.3, -0.25) is 9.69 Å². The topological polar surface area (TPSA) is 125 Å². The van der Waals surface area contributed by atoms with E-state index in [1.807, 2.05) is 6.92 Å². The van der Waals surface area contributed by atoms with Crippen LogP contribution in [0.2, 0.25) is 0 Å². The summed E-state index contributed by atoms with van der Waals surface area (Å²) in [5, 5.41) is 10.8. The van der Waals surface area contributed by atoms with Crippen LogP contribution in [0.5, 0.6) is 28.7 Å². The van der Waals surface area contributed by atoms with Crippen molar-refractivity contribution in [3.63, 3.8) is 0 Å². The van der Waals surface area contributed by atoms with Crippen molar-refractivity contribution in [3.05, 3.63) is 40.6 Å². The van der Waals surface area contributed by atoms with Crippen LogP contribution < -0.4 is 24.4 Å². The minimum atomic E-state index is -1.45. The zero-order valence-electron chi connectivity index (χ0n) is 19.9. The Morgan fingerprint density at radius 1 is 1.00 bits per heavy atom. The van der Waals surface area contributed by atoms with Gasteiger partial charge in [-0.2, -0.15) is 0 Å². The number of likely N-dealkylation sites (tertiary alicyclic amines) is 1. The van der Waals surface area contributed by atoms with E-state index in [4.69, 9.17) is 23.4 Å². The number of hydrogen-bond acceptors (Lipinski definition) is 10. The maximum Gasteiger partial charge on any atom is 0.423 e. The van der Waals surface area contributed by atoms with Gasteiger partial charge in [0.25, 0.3) is 0 Å². The molecule has 1 aromatic heterocycles. The van der Waals surface area contributed by atoms with Gasteiger partial charge >= 0.3 is 11.9 Å². The standard InChI is InChI=1S/C26H25NO9/c1-3-9-15(27-12-7-8-13-27)33-24-22-18(29)16-17(28)21(35-25(30)26(31)36-22)19(14-10-5-4-6-11-14)34-20(16)23(24)32-2/h4-6,10-11,15,29H,3,7-9,12-13H2,1-2H3. The monoisotopic (exact) mass is 495 g/mol. The molecule has 10 nitrogen and oxygen atoms in total. The molecular weight excluding hydrogens is 470 g/mol. The number of phenols is 1. The first-order chi connectivity index (χ1) is 17.4. The number of benzene rings is 2. The minimum Gasteiger partial charge on any atom is -0.504 e. The highest BCUT2D eigenvalue weighted by atomic mass is 16.6. The van der Waals surface area contributed by atoms with Crippen LogP contribution in [0, 0.1) is 0 Å². The average molecular weight is 495 g/mol. The molecule has 36 heavy (non-hydrogen) atoms. The van der Waals surface area contributed by atoms with Gasteiger partial charge in [0.2, 0.25) is 28.4 Å². The second-order valence-corrected chi connectivity index (χ2v) is 8.58. The quantitative estimate of drug-likeness (QED) is 0.295. The highest BCUT2D eigenvalue weighted by Gasteiger charge is 2.37. The average Bonchev–Trinajstić information content (AvgIpc) is 3.42. The summed E-state index contributed by atoms with van der Waals surface area (Å²) in [6.45, 7) is 3.63. The summed E-state index contributed by atoms with van der Waals surface area (Å²) in [6, 6.07) is 8.45. The summed E-state index contributed by atoms with van der Waals surface area (Å²) in [6.07, 6.45) is 3.01. The molecule has 188 valence electrons. The van der Waals surface area contributed by atoms with Gasteiger partial charge in [-0.1, -0.05) is 43.7 Å². The van der Waals surface area contributed by atoms with Crippen LogP contribution in [0.25, 0.3) is 22.3 Å². The highest BCUT2D eigenvalue weighted by Crippen LogP contribution is 2.52.